The lowest BCUT2D eigenvalue weighted by molar-refractivity contribution is -0.137. The molecule has 6 heteroatoms. The first-order chi connectivity index (χ1) is 11.6. The summed E-state index contributed by atoms with van der Waals surface area (Å²) in [4.78, 5) is 16.3. The molecule has 0 aromatic carbocycles. The van der Waals surface area contributed by atoms with Crippen LogP contribution in [0.1, 0.15) is 30.8 Å². The van der Waals surface area contributed by atoms with Crippen molar-refractivity contribution in [1.29, 1.82) is 0 Å². The van der Waals surface area contributed by atoms with Crippen LogP contribution < -0.4 is 0 Å². The van der Waals surface area contributed by atoms with Gasteiger partial charge < -0.3 is 19.0 Å². The minimum absolute atomic E-state index is 0.237. The highest BCUT2D eigenvalue weighted by Gasteiger charge is 2.41. The number of likely N-dealkylation sites (tertiary alicyclic amines) is 1. The van der Waals surface area contributed by atoms with Gasteiger partial charge in [0.05, 0.1) is 18.9 Å². The van der Waals surface area contributed by atoms with Gasteiger partial charge in [0.2, 0.25) is 5.91 Å². The molecule has 2 saturated heterocycles. The predicted molar refractivity (Wildman–Crippen MR) is 95.9 cm³/mol. The van der Waals surface area contributed by atoms with E-state index in [4.69, 9.17) is 9.15 Å². The standard InChI is InChI=1S/C18H28N2O3S/c1-19(2)11-15-3-4-16(23-15)12-24-10-8-20-13-18(6-5-17(20)21)7-9-22-14-18/h3-4H,5-14H2,1-2H3/t18-/m0/s1. The fraction of sp³-hybridized carbons (Fsp3) is 0.722. The number of furan rings is 1. The largest absolute Gasteiger partial charge is 0.464 e. The van der Waals surface area contributed by atoms with Crippen LogP contribution in [-0.2, 0) is 21.8 Å². The van der Waals surface area contributed by atoms with E-state index >= 15 is 0 Å². The molecule has 0 aliphatic carbocycles. The summed E-state index contributed by atoms with van der Waals surface area (Å²) in [6.07, 6.45) is 2.78. The van der Waals surface area contributed by atoms with Crippen LogP contribution in [-0.4, -0.2) is 61.9 Å². The van der Waals surface area contributed by atoms with Crippen LogP contribution >= 0.6 is 11.8 Å². The number of nitrogens with zero attached hydrogens (tertiary/aromatic N) is 2. The van der Waals surface area contributed by atoms with E-state index in [1.807, 2.05) is 36.8 Å². The van der Waals surface area contributed by atoms with Crippen LogP contribution in [0.15, 0.2) is 16.5 Å². The molecule has 5 nitrogen and oxygen atoms in total. The van der Waals surface area contributed by atoms with E-state index in [2.05, 4.69) is 11.0 Å². The number of hydrogen-bond acceptors (Lipinski definition) is 5. The second-order valence-corrected chi connectivity index (χ2v) is 8.38. The molecule has 0 bridgehead atoms. The van der Waals surface area contributed by atoms with Crippen molar-refractivity contribution in [2.75, 3.05) is 46.2 Å². The molecule has 1 spiro atoms. The molecule has 2 fully saturated rings. The van der Waals surface area contributed by atoms with Gasteiger partial charge in [0, 0.05) is 37.3 Å². The summed E-state index contributed by atoms with van der Waals surface area (Å²) in [5, 5.41) is 0. The Morgan fingerprint density at radius 1 is 1.29 bits per heavy atom. The van der Waals surface area contributed by atoms with Gasteiger partial charge in [0.1, 0.15) is 11.5 Å². The second-order valence-electron chi connectivity index (χ2n) is 7.28. The summed E-state index contributed by atoms with van der Waals surface area (Å²) < 4.78 is 11.4. The predicted octanol–water partition coefficient (Wildman–Crippen LogP) is 2.60. The first-order valence-electron chi connectivity index (χ1n) is 8.72. The van der Waals surface area contributed by atoms with Gasteiger partial charge in [0.15, 0.2) is 0 Å². The molecule has 24 heavy (non-hydrogen) atoms. The van der Waals surface area contributed by atoms with Crippen molar-refractivity contribution in [3.63, 3.8) is 0 Å². The number of rotatable bonds is 7. The third-order valence-corrected chi connectivity index (χ3v) is 5.83. The molecule has 3 rings (SSSR count). The van der Waals surface area contributed by atoms with Crippen LogP contribution in [0.25, 0.3) is 0 Å². The van der Waals surface area contributed by atoms with E-state index in [0.29, 0.717) is 12.3 Å². The summed E-state index contributed by atoms with van der Waals surface area (Å²) in [6, 6.07) is 4.11. The average molecular weight is 353 g/mol. The lowest BCUT2D eigenvalue weighted by Crippen LogP contribution is -2.47. The Morgan fingerprint density at radius 3 is 2.88 bits per heavy atom. The first-order valence-corrected chi connectivity index (χ1v) is 9.87. The van der Waals surface area contributed by atoms with Crippen molar-refractivity contribution in [2.24, 2.45) is 5.41 Å². The monoisotopic (exact) mass is 352 g/mol. The molecular formula is C18H28N2O3S. The Hall–Kier alpha value is -0.980. The molecule has 0 radical (unpaired) electrons. The zero-order chi connectivity index (χ0) is 17.0. The summed E-state index contributed by atoms with van der Waals surface area (Å²) >= 11 is 1.83. The van der Waals surface area contributed by atoms with Crippen LogP contribution in [0.2, 0.25) is 0 Å². The lowest BCUT2D eigenvalue weighted by atomic mass is 9.79. The highest BCUT2D eigenvalue weighted by molar-refractivity contribution is 7.98. The van der Waals surface area contributed by atoms with E-state index in [1.165, 1.54) is 0 Å². The number of carbonyl (C=O) groups excluding carboxylic acids is 1. The van der Waals surface area contributed by atoms with Gasteiger partial charge in [-0.3, -0.25) is 4.79 Å². The van der Waals surface area contributed by atoms with Gasteiger partial charge in [-0.1, -0.05) is 0 Å². The minimum atomic E-state index is 0.237. The second kappa shape index (κ2) is 7.93. The number of amides is 1. The maximum Gasteiger partial charge on any atom is 0.222 e. The summed E-state index contributed by atoms with van der Waals surface area (Å²) in [5.41, 5.74) is 0.237. The Bertz CT molecular complexity index is 552. The van der Waals surface area contributed by atoms with Gasteiger partial charge in [-0.15, -0.1) is 0 Å². The average Bonchev–Trinajstić information content (AvgIpc) is 3.17. The topological polar surface area (TPSA) is 45.9 Å². The zero-order valence-corrected chi connectivity index (χ0v) is 15.6. The Morgan fingerprint density at radius 2 is 2.12 bits per heavy atom. The first kappa shape index (κ1) is 17.8. The van der Waals surface area contributed by atoms with E-state index in [-0.39, 0.29) is 5.41 Å². The van der Waals surface area contributed by atoms with Crippen molar-refractivity contribution in [3.8, 4) is 0 Å². The van der Waals surface area contributed by atoms with Crippen molar-refractivity contribution in [3.05, 3.63) is 23.7 Å². The molecule has 1 amide bonds. The molecule has 0 saturated carbocycles. The van der Waals surface area contributed by atoms with Crippen LogP contribution in [0, 0.1) is 5.41 Å². The SMILES string of the molecule is CN(C)Cc1ccc(CSCCN2C[C@@]3(CCOC3)CCC2=O)o1. The van der Waals surface area contributed by atoms with Crippen molar-refractivity contribution in [1.82, 2.24) is 9.80 Å². The number of carbonyl (C=O) groups is 1. The Balaban J connectivity index is 1.40. The zero-order valence-electron chi connectivity index (χ0n) is 14.8. The maximum atomic E-state index is 12.2. The molecule has 134 valence electrons. The van der Waals surface area contributed by atoms with Crippen LogP contribution in [0.5, 0.6) is 0 Å². The third kappa shape index (κ3) is 4.55. The summed E-state index contributed by atoms with van der Waals surface area (Å²) in [5.74, 6) is 4.14. The smallest absolute Gasteiger partial charge is 0.222 e. The molecule has 0 unspecified atom stereocenters. The van der Waals surface area contributed by atoms with Crippen LogP contribution in [0.4, 0.5) is 0 Å². The molecular weight excluding hydrogens is 324 g/mol. The van der Waals surface area contributed by atoms with E-state index < -0.39 is 0 Å². The number of thioether (sulfide) groups is 1. The Kier molecular flexibility index (Phi) is 5.89. The van der Waals surface area contributed by atoms with E-state index in [1.54, 1.807) is 0 Å². The molecule has 1 atom stereocenters. The fourth-order valence-corrected chi connectivity index (χ4v) is 4.37. The quantitative estimate of drug-likeness (QED) is 0.706. The fourth-order valence-electron chi connectivity index (χ4n) is 3.52. The number of piperidine rings is 1. The van der Waals surface area contributed by atoms with Gasteiger partial charge in [-0.05, 0) is 39.1 Å². The Labute approximate surface area is 148 Å². The van der Waals surface area contributed by atoms with Gasteiger partial charge >= 0.3 is 0 Å². The van der Waals surface area contributed by atoms with Gasteiger partial charge in [0.25, 0.3) is 0 Å². The molecule has 0 N–H and O–H groups in total. The van der Waals surface area contributed by atoms with E-state index in [9.17, 15) is 4.79 Å². The van der Waals surface area contributed by atoms with Gasteiger partial charge in [-0.2, -0.15) is 11.8 Å². The van der Waals surface area contributed by atoms with E-state index in [0.717, 1.165) is 68.7 Å². The molecule has 1 aromatic heterocycles. The van der Waals surface area contributed by atoms with Gasteiger partial charge in [-0.25, -0.2) is 0 Å². The highest BCUT2D eigenvalue weighted by Crippen LogP contribution is 2.38. The van der Waals surface area contributed by atoms with Crippen molar-refractivity contribution in [2.45, 2.75) is 31.6 Å². The normalized spacial score (nSPS) is 24.5. The van der Waals surface area contributed by atoms with Crippen molar-refractivity contribution >= 4 is 17.7 Å². The highest BCUT2D eigenvalue weighted by atomic mass is 32.2. The summed E-state index contributed by atoms with van der Waals surface area (Å²) in [7, 11) is 4.07. The molecule has 2 aliphatic rings. The lowest BCUT2D eigenvalue weighted by Gasteiger charge is -2.39. The molecule has 3 heterocycles. The minimum Gasteiger partial charge on any atom is -0.464 e. The van der Waals surface area contributed by atoms with Crippen LogP contribution in [0.3, 0.4) is 0 Å². The number of hydrogen-bond donors (Lipinski definition) is 0. The third-order valence-electron chi connectivity index (χ3n) is 4.87. The molecule has 1 aromatic rings. The number of ether oxygens (including phenoxy) is 1. The van der Waals surface area contributed by atoms with Crippen molar-refractivity contribution < 1.29 is 13.9 Å². The summed E-state index contributed by atoms with van der Waals surface area (Å²) in [6.45, 7) is 4.21. The molecule has 2 aliphatic heterocycles. The maximum absolute atomic E-state index is 12.2.